The van der Waals surface area contributed by atoms with Crippen LogP contribution in [0.4, 0.5) is 0 Å². The van der Waals surface area contributed by atoms with E-state index in [2.05, 4.69) is 19.2 Å². The lowest BCUT2D eigenvalue weighted by Crippen LogP contribution is -2.34. The van der Waals surface area contributed by atoms with Crippen LogP contribution in [0.1, 0.15) is 39.5 Å². The van der Waals surface area contributed by atoms with Gasteiger partial charge in [0.05, 0.1) is 0 Å². The molecule has 1 N–H and O–H groups in total. The Labute approximate surface area is 80.9 Å². The van der Waals surface area contributed by atoms with Crippen LogP contribution in [0.15, 0.2) is 0 Å². The van der Waals surface area contributed by atoms with Crippen molar-refractivity contribution in [2.45, 2.75) is 50.9 Å². The molecule has 0 amide bonds. The molecule has 1 nitrogen and oxygen atoms in total. The van der Waals surface area contributed by atoms with Crippen molar-refractivity contribution < 1.29 is 0 Å². The largest absolute Gasteiger partial charge is 0.314 e. The van der Waals surface area contributed by atoms with E-state index >= 15 is 0 Å². The molecule has 0 radical (unpaired) electrons. The predicted octanol–water partition coefficient (Wildman–Crippen LogP) is 2.78. The van der Waals surface area contributed by atoms with Crippen molar-refractivity contribution in [3.63, 3.8) is 0 Å². The highest BCUT2D eigenvalue weighted by molar-refractivity contribution is 6.20. The van der Waals surface area contributed by atoms with Gasteiger partial charge in [0.1, 0.15) is 0 Å². The second-order valence-corrected chi connectivity index (χ2v) is 4.68. The number of nitrogens with one attached hydrogen (secondary N) is 1. The summed E-state index contributed by atoms with van der Waals surface area (Å²) in [6, 6.07) is 0.593. The summed E-state index contributed by atoms with van der Waals surface area (Å²) in [7, 11) is 0. The first-order valence-electron chi connectivity index (χ1n) is 5.07. The van der Waals surface area contributed by atoms with Crippen LogP contribution >= 0.6 is 11.6 Å². The molecule has 0 heterocycles. The second kappa shape index (κ2) is 5.08. The molecular formula is C10H20ClN. The molecule has 0 aromatic rings. The van der Waals surface area contributed by atoms with Crippen molar-refractivity contribution in [2.24, 2.45) is 5.92 Å². The molecule has 0 spiro atoms. The van der Waals surface area contributed by atoms with Crippen LogP contribution in [0, 0.1) is 5.92 Å². The van der Waals surface area contributed by atoms with E-state index < -0.39 is 0 Å². The van der Waals surface area contributed by atoms with Gasteiger partial charge in [-0.05, 0) is 25.3 Å². The molecule has 1 fully saturated rings. The normalized spacial score (nSPS) is 31.0. The van der Waals surface area contributed by atoms with Crippen LogP contribution < -0.4 is 5.32 Å². The predicted molar refractivity (Wildman–Crippen MR) is 54.7 cm³/mol. The van der Waals surface area contributed by atoms with E-state index in [1.807, 2.05) is 0 Å². The van der Waals surface area contributed by atoms with Crippen molar-refractivity contribution in [1.29, 1.82) is 0 Å². The fourth-order valence-corrected chi connectivity index (χ4v) is 2.15. The maximum atomic E-state index is 6.23. The van der Waals surface area contributed by atoms with Crippen LogP contribution in [-0.4, -0.2) is 18.0 Å². The number of hydrogen-bond acceptors (Lipinski definition) is 1. The van der Waals surface area contributed by atoms with Crippen molar-refractivity contribution >= 4 is 11.6 Å². The van der Waals surface area contributed by atoms with Gasteiger partial charge in [-0.3, -0.25) is 0 Å². The second-order valence-electron chi connectivity index (χ2n) is 4.12. The zero-order chi connectivity index (χ0) is 8.97. The number of halogens is 1. The molecule has 0 aromatic carbocycles. The summed E-state index contributed by atoms with van der Waals surface area (Å²) >= 11 is 6.23. The lowest BCUT2D eigenvalue weighted by molar-refractivity contribution is 0.340. The molecule has 0 bridgehead atoms. The highest BCUT2D eigenvalue weighted by atomic mass is 35.5. The zero-order valence-corrected chi connectivity index (χ0v) is 8.90. The van der Waals surface area contributed by atoms with Gasteiger partial charge in [-0.1, -0.05) is 26.7 Å². The molecule has 0 saturated heterocycles. The molecule has 1 rings (SSSR count). The van der Waals surface area contributed by atoms with E-state index in [0.717, 1.165) is 6.54 Å². The van der Waals surface area contributed by atoms with E-state index in [1.54, 1.807) is 0 Å². The van der Waals surface area contributed by atoms with E-state index in [-0.39, 0.29) is 0 Å². The van der Waals surface area contributed by atoms with Gasteiger partial charge in [-0.2, -0.15) is 0 Å². The molecule has 2 atom stereocenters. The molecular weight excluding hydrogens is 170 g/mol. The van der Waals surface area contributed by atoms with Gasteiger partial charge in [0, 0.05) is 11.4 Å². The Morgan fingerprint density at radius 3 is 2.58 bits per heavy atom. The van der Waals surface area contributed by atoms with Crippen LogP contribution in [0.2, 0.25) is 0 Å². The lowest BCUT2D eigenvalue weighted by atomic mass is 9.88. The van der Waals surface area contributed by atoms with Gasteiger partial charge in [-0.15, -0.1) is 11.6 Å². The molecule has 2 heteroatoms. The molecule has 0 aliphatic heterocycles. The molecule has 1 aliphatic carbocycles. The first-order chi connectivity index (χ1) is 5.70. The summed E-state index contributed by atoms with van der Waals surface area (Å²) in [6.45, 7) is 5.48. The van der Waals surface area contributed by atoms with Crippen molar-refractivity contribution in [2.75, 3.05) is 6.54 Å². The zero-order valence-electron chi connectivity index (χ0n) is 8.15. The number of alkyl halides is 1. The van der Waals surface area contributed by atoms with E-state index in [9.17, 15) is 0 Å². The Morgan fingerprint density at radius 1 is 1.33 bits per heavy atom. The fraction of sp³-hybridized carbons (Fsp3) is 1.00. The number of hydrogen-bond donors (Lipinski definition) is 1. The molecule has 1 saturated carbocycles. The first-order valence-corrected chi connectivity index (χ1v) is 5.51. The van der Waals surface area contributed by atoms with Gasteiger partial charge in [0.2, 0.25) is 0 Å². The Balaban J connectivity index is 2.20. The average Bonchev–Trinajstić information content (AvgIpc) is 2.03. The summed E-state index contributed by atoms with van der Waals surface area (Å²) in [6.07, 6.45) is 5.22. The highest BCUT2D eigenvalue weighted by Crippen LogP contribution is 2.27. The summed E-state index contributed by atoms with van der Waals surface area (Å²) in [5.74, 6) is 0.711. The van der Waals surface area contributed by atoms with Gasteiger partial charge >= 0.3 is 0 Å². The van der Waals surface area contributed by atoms with Crippen molar-refractivity contribution in [3.8, 4) is 0 Å². The molecule has 0 aromatic heterocycles. The SMILES string of the molecule is CC(C)NCC1CCCCC1Cl. The third-order valence-electron chi connectivity index (χ3n) is 2.60. The van der Waals surface area contributed by atoms with Gasteiger partial charge in [0.15, 0.2) is 0 Å². The van der Waals surface area contributed by atoms with Crippen LogP contribution in [-0.2, 0) is 0 Å². The van der Waals surface area contributed by atoms with E-state index in [0.29, 0.717) is 17.3 Å². The highest BCUT2D eigenvalue weighted by Gasteiger charge is 2.22. The maximum absolute atomic E-state index is 6.23. The summed E-state index contributed by atoms with van der Waals surface area (Å²) in [4.78, 5) is 0. The lowest BCUT2D eigenvalue weighted by Gasteiger charge is -2.27. The minimum absolute atomic E-state index is 0.421. The standard InChI is InChI=1S/C10H20ClN/c1-8(2)12-7-9-5-3-4-6-10(9)11/h8-10,12H,3-7H2,1-2H3. The number of rotatable bonds is 3. The van der Waals surface area contributed by atoms with Crippen LogP contribution in [0.5, 0.6) is 0 Å². The Bertz CT molecular complexity index is 125. The summed E-state index contributed by atoms with van der Waals surface area (Å²) < 4.78 is 0. The summed E-state index contributed by atoms with van der Waals surface area (Å²) in [5.41, 5.74) is 0. The Hall–Kier alpha value is 0.250. The first kappa shape index (κ1) is 10.3. The average molecular weight is 190 g/mol. The van der Waals surface area contributed by atoms with E-state index in [1.165, 1.54) is 25.7 Å². The molecule has 1 aliphatic rings. The smallest absolute Gasteiger partial charge is 0.0376 e. The van der Waals surface area contributed by atoms with Gasteiger partial charge in [0.25, 0.3) is 0 Å². The Kier molecular flexibility index (Phi) is 4.38. The third-order valence-corrected chi connectivity index (χ3v) is 3.18. The van der Waals surface area contributed by atoms with Crippen LogP contribution in [0.3, 0.4) is 0 Å². The van der Waals surface area contributed by atoms with E-state index in [4.69, 9.17) is 11.6 Å². The quantitative estimate of drug-likeness (QED) is 0.674. The fourth-order valence-electron chi connectivity index (χ4n) is 1.78. The maximum Gasteiger partial charge on any atom is 0.0376 e. The van der Waals surface area contributed by atoms with Crippen molar-refractivity contribution in [1.82, 2.24) is 5.32 Å². The third kappa shape index (κ3) is 3.32. The van der Waals surface area contributed by atoms with Gasteiger partial charge < -0.3 is 5.32 Å². The topological polar surface area (TPSA) is 12.0 Å². The molecule has 12 heavy (non-hydrogen) atoms. The molecule has 2 unspecified atom stereocenters. The van der Waals surface area contributed by atoms with Gasteiger partial charge in [-0.25, -0.2) is 0 Å². The summed E-state index contributed by atoms with van der Waals surface area (Å²) in [5, 5.41) is 3.88. The van der Waals surface area contributed by atoms with Crippen molar-refractivity contribution in [3.05, 3.63) is 0 Å². The molecule has 72 valence electrons. The monoisotopic (exact) mass is 189 g/mol. The minimum atomic E-state index is 0.421. The minimum Gasteiger partial charge on any atom is -0.314 e. The van der Waals surface area contributed by atoms with Crippen LogP contribution in [0.25, 0.3) is 0 Å². The Morgan fingerprint density at radius 2 is 2.00 bits per heavy atom.